The molecule has 0 radical (unpaired) electrons. The lowest BCUT2D eigenvalue weighted by molar-refractivity contribution is -0.383. The van der Waals surface area contributed by atoms with E-state index >= 15 is 0 Å². The molecular weight excluding hydrogens is 297 g/mol. The van der Waals surface area contributed by atoms with Crippen molar-refractivity contribution < 1.29 is 4.92 Å². The summed E-state index contributed by atoms with van der Waals surface area (Å²) < 4.78 is 0. The molecule has 0 aliphatic carbocycles. The number of nitrogens with two attached hydrogens (primary N) is 1. The van der Waals surface area contributed by atoms with Crippen LogP contribution in [0.25, 0.3) is 0 Å². The Balaban J connectivity index is 2.91. The summed E-state index contributed by atoms with van der Waals surface area (Å²) in [6, 6.07) is 2.74. The average molecular weight is 309 g/mol. The van der Waals surface area contributed by atoms with Crippen LogP contribution < -0.4 is 11.1 Å². The minimum Gasteiger partial charge on any atom is -0.393 e. The lowest BCUT2D eigenvalue weighted by Crippen LogP contribution is -2.04. The number of rotatable bonds is 5. The number of nitrogen functional groups attached to an aromatic ring is 1. The maximum atomic E-state index is 10.7. The molecule has 3 N–H and O–H groups in total. The molecule has 5 nitrogen and oxygen atoms in total. The third kappa shape index (κ3) is 3.24. The van der Waals surface area contributed by atoms with Crippen molar-refractivity contribution in [2.24, 2.45) is 0 Å². The Kier molecular flexibility index (Phi) is 4.82. The molecule has 7 heteroatoms. The molecule has 88 valence electrons. The first-order valence-electron chi connectivity index (χ1n) is 4.59. The number of hydrogen-bond acceptors (Lipinski definition) is 4. The van der Waals surface area contributed by atoms with E-state index in [1.54, 1.807) is 0 Å². The fourth-order valence-corrected chi connectivity index (χ4v) is 1.68. The van der Waals surface area contributed by atoms with Gasteiger partial charge in [-0.3, -0.25) is 10.1 Å². The van der Waals surface area contributed by atoms with Crippen LogP contribution in [0, 0.1) is 10.1 Å². The highest BCUT2D eigenvalue weighted by atomic mass is 79.9. The van der Waals surface area contributed by atoms with Gasteiger partial charge in [-0.15, -0.1) is 0 Å². The van der Waals surface area contributed by atoms with Crippen LogP contribution in [0.5, 0.6) is 0 Å². The molecule has 0 bridgehead atoms. The van der Waals surface area contributed by atoms with Gasteiger partial charge in [0.05, 0.1) is 15.6 Å². The normalized spacial score (nSPS) is 10.1. The number of halogens is 2. The Hall–Kier alpha value is -1.01. The molecular formula is C9H11BrClN3O2. The lowest BCUT2D eigenvalue weighted by atomic mass is 10.2. The first-order chi connectivity index (χ1) is 7.56. The smallest absolute Gasteiger partial charge is 0.294 e. The van der Waals surface area contributed by atoms with Crippen molar-refractivity contribution in [2.75, 3.05) is 22.9 Å². The number of hydrogen-bond donors (Lipinski definition) is 2. The van der Waals surface area contributed by atoms with Crippen molar-refractivity contribution in [1.29, 1.82) is 0 Å². The summed E-state index contributed by atoms with van der Waals surface area (Å²) in [5.41, 5.74) is 5.95. The van der Waals surface area contributed by atoms with Crippen LogP contribution in [0.2, 0.25) is 5.02 Å². The minimum atomic E-state index is -0.526. The second kappa shape index (κ2) is 5.91. The van der Waals surface area contributed by atoms with Crippen molar-refractivity contribution in [2.45, 2.75) is 6.42 Å². The summed E-state index contributed by atoms with van der Waals surface area (Å²) in [7, 11) is 0. The highest BCUT2D eigenvalue weighted by molar-refractivity contribution is 9.09. The zero-order valence-electron chi connectivity index (χ0n) is 8.37. The quantitative estimate of drug-likeness (QED) is 0.288. The number of nitrogens with zero attached hydrogens (tertiary/aromatic N) is 1. The number of anilines is 2. The van der Waals surface area contributed by atoms with Crippen molar-refractivity contribution in [3.63, 3.8) is 0 Å². The number of nitro benzene ring substituents is 1. The van der Waals surface area contributed by atoms with Gasteiger partial charge < -0.3 is 11.1 Å². The first-order valence-corrected chi connectivity index (χ1v) is 6.09. The van der Waals surface area contributed by atoms with Gasteiger partial charge in [-0.25, -0.2) is 0 Å². The molecule has 0 heterocycles. The summed E-state index contributed by atoms with van der Waals surface area (Å²) >= 11 is 9.20. The van der Waals surface area contributed by atoms with E-state index in [2.05, 4.69) is 21.2 Å². The molecule has 0 aliphatic heterocycles. The van der Waals surface area contributed by atoms with E-state index < -0.39 is 4.92 Å². The fraction of sp³-hybridized carbons (Fsp3) is 0.333. The summed E-state index contributed by atoms with van der Waals surface area (Å²) in [5, 5.41) is 14.9. The molecule has 0 amide bonds. The topological polar surface area (TPSA) is 81.2 Å². The molecule has 0 aliphatic rings. The highest BCUT2D eigenvalue weighted by Gasteiger charge is 2.14. The second-order valence-corrected chi connectivity index (χ2v) is 4.32. The van der Waals surface area contributed by atoms with Crippen molar-refractivity contribution in [3.8, 4) is 0 Å². The van der Waals surface area contributed by atoms with E-state index in [1.165, 1.54) is 12.1 Å². The maximum absolute atomic E-state index is 10.7. The molecule has 0 atom stereocenters. The maximum Gasteiger partial charge on any atom is 0.294 e. The van der Waals surface area contributed by atoms with E-state index in [9.17, 15) is 10.1 Å². The first kappa shape index (κ1) is 13.1. The monoisotopic (exact) mass is 307 g/mol. The van der Waals surface area contributed by atoms with Gasteiger partial charge >= 0.3 is 0 Å². The van der Waals surface area contributed by atoms with Gasteiger partial charge in [0.2, 0.25) is 0 Å². The zero-order chi connectivity index (χ0) is 12.1. The number of nitro groups is 1. The third-order valence-electron chi connectivity index (χ3n) is 1.94. The van der Waals surface area contributed by atoms with Crippen LogP contribution in [-0.4, -0.2) is 16.8 Å². The van der Waals surface area contributed by atoms with Gasteiger partial charge in [0.1, 0.15) is 5.69 Å². The molecule has 0 spiro atoms. The average Bonchev–Trinajstić information content (AvgIpc) is 2.21. The van der Waals surface area contributed by atoms with Gasteiger partial charge in [0.25, 0.3) is 5.69 Å². The number of nitrogens with one attached hydrogen (secondary N) is 1. The number of benzene rings is 1. The van der Waals surface area contributed by atoms with Gasteiger partial charge in [-0.05, 0) is 12.5 Å². The van der Waals surface area contributed by atoms with Crippen molar-refractivity contribution >= 4 is 44.6 Å². The largest absolute Gasteiger partial charge is 0.393 e. The van der Waals surface area contributed by atoms with Gasteiger partial charge in [-0.2, -0.15) is 0 Å². The number of alkyl halides is 1. The molecule has 0 saturated heterocycles. The molecule has 0 fully saturated rings. The molecule has 16 heavy (non-hydrogen) atoms. The predicted molar refractivity (Wildman–Crippen MR) is 69.4 cm³/mol. The van der Waals surface area contributed by atoms with Crippen LogP contribution >= 0.6 is 27.5 Å². The van der Waals surface area contributed by atoms with Crippen LogP contribution in [-0.2, 0) is 0 Å². The lowest BCUT2D eigenvalue weighted by Gasteiger charge is -2.08. The second-order valence-electron chi connectivity index (χ2n) is 3.12. The molecule has 1 aromatic carbocycles. The molecule has 0 unspecified atom stereocenters. The molecule has 0 saturated carbocycles. The van der Waals surface area contributed by atoms with Gasteiger partial charge in [-0.1, -0.05) is 27.5 Å². The fourth-order valence-electron chi connectivity index (χ4n) is 1.16. The Bertz CT molecular complexity index is 401. The SMILES string of the molecule is Nc1cc(Cl)c(NCCCBr)cc1[N+](=O)[O-]. The predicted octanol–water partition coefficient (Wildman–Crippen LogP) is 3.03. The Morgan fingerprint density at radius 2 is 2.25 bits per heavy atom. The summed E-state index contributed by atoms with van der Waals surface area (Å²) in [4.78, 5) is 10.1. The standard InChI is InChI=1S/C9H11BrClN3O2/c10-2-1-3-13-8-5-9(14(15)16)7(12)4-6(8)11/h4-5,13H,1-3,12H2. The third-order valence-corrected chi connectivity index (χ3v) is 2.81. The van der Waals surface area contributed by atoms with Gasteiger partial charge in [0, 0.05) is 17.9 Å². The van der Waals surface area contributed by atoms with Crippen LogP contribution in [0.15, 0.2) is 12.1 Å². The Morgan fingerprint density at radius 3 is 2.81 bits per heavy atom. The summed E-state index contributed by atoms with van der Waals surface area (Å²) in [6.07, 6.45) is 0.897. The van der Waals surface area contributed by atoms with Crippen LogP contribution in [0.1, 0.15) is 6.42 Å². The van der Waals surface area contributed by atoms with Crippen LogP contribution in [0.4, 0.5) is 17.1 Å². The molecule has 1 aromatic rings. The van der Waals surface area contributed by atoms with E-state index in [0.717, 1.165) is 11.8 Å². The van der Waals surface area contributed by atoms with Crippen LogP contribution in [0.3, 0.4) is 0 Å². The van der Waals surface area contributed by atoms with Crippen molar-refractivity contribution in [1.82, 2.24) is 0 Å². The van der Waals surface area contributed by atoms with E-state index in [4.69, 9.17) is 17.3 Å². The Labute approximate surface area is 106 Å². The molecule has 1 rings (SSSR count). The summed E-state index contributed by atoms with van der Waals surface area (Å²) in [5.74, 6) is 0. The zero-order valence-corrected chi connectivity index (χ0v) is 10.7. The van der Waals surface area contributed by atoms with E-state index in [0.29, 0.717) is 17.3 Å². The summed E-state index contributed by atoms with van der Waals surface area (Å²) in [6.45, 7) is 0.687. The van der Waals surface area contributed by atoms with Crippen molar-refractivity contribution in [3.05, 3.63) is 27.3 Å². The molecule has 0 aromatic heterocycles. The Morgan fingerprint density at radius 1 is 1.56 bits per heavy atom. The highest BCUT2D eigenvalue weighted by Crippen LogP contribution is 2.32. The van der Waals surface area contributed by atoms with Gasteiger partial charge in [0.15, 0.2) is 0 Å². The van der Waals surface area contributed by atoms with E-state index in [-0.39, 0.29) is 11.4 Å². The van der Waals surface area contributed by atoms with E-state index in [1.807, 2.05) is 0 Å². The minimum absolute atomic E-state index is 0.0704.